The Kier molecular flexibility index (Phi) is 3.74. The summed E-state index contributed by atoms with van der Waals surface area (Å²) < 4.78 is 5.56. The minimum Gasteiger partial charge on any atom is -0.502 e. The summed E-state index contributed by atoms with van der Waals surface area (Å²) in [6, 6.07) is 5.83. The molecule has 0 aromatic heterocycles. The quantitative estimate of drug-likeness (QED) is 0.673. The highest BCUT2D eigenvalue weighted by Crippen LogP contribution is 2.31. The van der Waals surface area contributed by atoms with Gasteiger partial charge in [0, 0.05) is 0 Å². The zero-order chi connectivity index (χ0) is 11.4. The van der Waals surface area contributed by atoms with E-state index in [1.807, 2.05) is 32.0 Å². The van der Waals surface area contributed by atoms with Crippen LogP contribution in [0.5, 0.6) is 5.75 Å². The van der Waals surface area contributed by atoms with Gasteiger partial charge < -0.3 is 4.74 Å². The Bertz CT molecular complexity index is 375. The Morgan fingerprint density at radius 3 is 2.33 bits per heavy atom. The number of hydrogen-bond donors (Lipinski definition) is 0. The van der Waals surface area contributed by atoms with E-state index >= 15 is 0 Å². The molecule has 0 unspecified atom stereocenters. The Hall–Kier alpha value is -1.49. The van der Waals surface area contributed by atoms with Crippen molar-refractivity contribution in [3.63, 3.8) is 0 Å². The molecule has 0 N–H and O–H groups in total. The van der Waals surface area contributed by atoms with Crippen molar-refractivity contribution in [3.05, 3.63) is 35.2 Å². The summed E-state index contributed by atoms with van der Waals surface area (Å²) in [7, 11) is 0. The number of ether oxygens (including phenoxy) is 1. The van der Waals surface area contributed by atoms with Crippen molar-refractivity contribution in [1.29, 1.82) is 0 Å². The molecule has 0 amide bonds. The summed E-state index contributed by atoms with van der Waals surface area (Å²) in [6.45, 7) is 15.3. The molecule has 0 atom stereocenters. The lowest BCUT2D eigenvalue weighted by Gasteiger charge is -2.13. The van der Waals surface area contributed by atoms with Crippen molar-refractivity contribution in [1.82, 2.24) is 0 Å². The lowest BCUT2D eigenvalue weighted by molar-refractivity contribution is 0.244. The van der Waals surface area contributed by atoms with Crippen LogP contribution >= 0.6 is 0 Å². The first-order valence-electron chi connectivity index (χ1n) is 5.22. The predicted octanol–water partition coefficient (Wildman–Crippen LogP) is 4.15. The van der Waals surface area contributed by atoms with E-state index in [-0.39, 0.29) is 6.10 Å². The molecule has 0 aliphatic rings. The minimum absolute atomic E-state index is 0.107. The number of rotatable bonds is 3. The fourth-order valence-electron chi connectivity index (χ4n) is 1.33. The van der Waals surface area contributed by atoms with E-state index in [9.17, 15) is 0 Å². The van der Waals surface area contributed by atoms with Gasteiger partial charge in [-0.3, -0.25) is 0 Å². The Morgan fingerprint density at radius 1 is 1.20 bits per heavy atom. The van der Waals surface area contributed by atoms with Crippen LogP contribution in [0.3, 0.4) is 0 Å². The summed E-state index contributed by atoms with van der Waals surface area (Å²) in [4.78, 5) is 3.49. The smallest absolute Gasteiger partial charge is 0.228 e. The van der Waals surface area contributed by atoms with Crippen LogP contribution in [0.1, 0.15) is 39.2 Å². The van der Waals surface area contributed by atoms with Crippen LogP contribution in [0.2, 0.25) is 0 Å². The molecule has 0 spiro atoms. The van der Waals surface area contributed by atoms with Gasteiger partial charge in [-0.25, -0.2) is 4.85 Å². The van der Waals surface area contributed by atoms with E-state index in [1.165, 1.54) is 5.56 Å². The zero-order valence-corrected chi connectivity index (χ0v) is 9.74. The Morgan fingerprint density at radius 2 is 1.87 bits per heavy atom. The van der Waals surface area contributed by atoms with Crippen LogP contribution in [0.25, 0.3) is 4.85 Å². The summed E-state index contributed by atoms with van der Waals surface area (Å²) in [5, 5.41) is 0. The fourth-order valence-corrected chi connectivity index (χ4v) is 1.33. The van der Waals surface area contributed by atoms with Gasteiger partial charge in [0.05, 0.1) is 12.7 Å². The second-order valence-electron chi connectivity index (χ2n) is 4.16. The number of nitrogens with zero attached hydrogens (tertiary/aromatic N) is 1. The van der Waals surface area contributed by atoms with Gasteiger partial charge in [-0.2, -0.15) is 0 Å². The van der Waals surface area contributed by atoms with Crippen LogP contribution in [-0.4, -0.2) is 6.10 Å². The van der Waals surface area contributed by atoms with Crippen molar-refractivity contribution < 1.29 is 4.74 Å². The third kappa shape index (κ3) is 2.99. The monoisotopic (exact) mass is 203 g/mol. The predicted molar refractivity (Wildman–Crippen MR) is 62.6 cm³/mol. The van der Waals surface area contributed by atoms with E-state index in [4.69, 9.17) is 11.3 Å². The molecule has 0 radical (unpaired) electrons. The number of benzene rings is 1. The van der Waals surface area contributed by atoms with Gasteiger partial charge in [0.2, 0.25) is 5.69 Å². The molecule has 2 heteroatoms. The molecular weight excluding hydrogens is 186 g/mol. The summed E-state index contributed by atoms with van der Waals surface area (Å²) in [6.07, 6.45) is 0.107. The van der Waals surface area contributed by atoms with Crippen molar-refractivity contribution in [2.45, 2.75) is 39.7 Å². The summed E-state index contributed by atoms with van der Waals surface area (Å²) in [5.41, 5.74) is 1.78. The normalized spacial score (nSPS) is 10.5. The van der Waals surface area contributed by atoms with Crippen LogP contribution in [-0.2, 0) is 0 Å². The van der Waals surface area contributed by atoms with E-state index in [1.54, 1.807) is 0 Å². The van der Waals surface area contributed by atoms with Gasteiger partial charge in [-0.1, -0.05) is 25.5 Å². The fraction of sp³-hybridized carbons (Fsp3) is 0.462. The first kappa shape index (κ1) is 11.6. The van der Waals surface area contributed by atoms with E-state index in [0.717, 1.165) is 0 Å². The first-order valence-corrected chi connectivity index (χ1v) is 5.22. The Balaban J connectivity index is 3.05. The maximum atomic E-state index is 7.11. The number of hydrogen-bond acceptors (Lipinski definition) is 1. The van der Waals surface area contributed by atoms with Gasteiger partial charge in [0.25, 0.3) is 0 Å². The molecule has 0 aliphatic carbocycles. The SMILES string of the molecule is [C-]#[N+]c1cc(C(C)C)ccc1OC(C)C. The third-order valence-electron chi connectivity index (χ3n) is 2.13. The van der Waals surface area contributed by atoms with Crippen LogP contribution in [0.4, 0.5) is 5.69 Å². The highest BCUT2D eigenvalue weighted by atomic mass is 16.5. The van der Waals surface area contributed by atoms with E-state index < -0.39 is 0 Å². The minimum atomic E-state index is 0.107. The van der Waals surface area contributed by atoms with Crippen LogP contribution in [0.15, 0.2) is 18.2 Å². The molecule has 15 heavy (non-hydrogen) atoms. The van der Waals surface area contributed by atoms with Crippen molar-refractivity contribution >= 4 is 5.69 Å². The van der Waals surface area contributed by atoms with E-state index in [0.29, 0.717) is 17.4 Å². The highest BCUT2D eigenvalue weighted by Gasteiger charge is 2.08. The topological polar surface area (TPSA) is 13.6 Å². The maximum Gasteiger partial charge on any atom is 0.228 e. The molecule has 2 nitrogen and oxygen atoms in total. The third-order valence-corrected chi connectivity index (χ3v) is 2.13. The molecule has 1 rings (SSSR count). The molecule has 0 saturated carbocycles. The van der Waals surface area contributed by atoms with Gasteiger partial charge in [0.15, 0.2) is 0 Å². The summed E-state index contributed by atoms with van der Waals surface area (Å²) in [5.74, 6) is 1.13. The molecular formula is C13H17NO. The molecule has 80 valence electrons. The molecule has 1 aromatic carbocycles. The lowest BCUT2D eigenvalue weighted by atomic mass is 10.0. The standard InChI is InChI=1S/C13H17NO/c1-9(2)11-6-7-13(15-10(3)4)12(8-11)14-5/h6-10H,1-4H3. The second-order valence-corrected chi connectivity index (χ2v) is 4.16. The van der Waals surface area contributed by atoms with Crippen LogP contribution < -0.4 is 4.74 Å². The zero-order valence-electron chi connectivity index (χ0n) is 9.74. The van der Waals surface area contributed by atoms with Crippen molar-refractivity contribution in [2.75, 3.05) is 0 Å². The van der Waals surface area contributed by atoms with Gasteiger partial charge in [-0.05, 0) is 31.9 Å². The van der Waals surface area contributed by atoms with Crippen molar-refractivity contribution in [3.8, 4) is 5.75 Å². The first-order chi connectivity index (χ1) is 7.04. The largest absolute Gasteiger partial charge is 0.502 e. The van der Waals surface area contributed by atoms with E-state index in [2.05, 4.69) is 18.7 Å². The Labute approximate surface area is 91.7 Å². The molecule has 0 bridgehead atoms. The molecule has 0 fully saturated rings. The van der Waals surface area contributed by atoms with Gasteiger partial charge in [-0.15, -0.1) is 0 Å². The molecule has 1 aromatic rings. The maximum absolute atomic E-state index is 7.11. The lowest BCUT2D eigenvalue weighted by Crippen LogP contribution is -2.05. The summed E-state index contributed by atoms with van der Waals surface area (Å²) >= 11 is 0. The average molecular weight is 203 g/mol. The highest BCUT2D eigenvalue weighted by molar-refractivity contribution is 5.59. The molecule has 0 aliphatic heterocycles. The molecule has 0 heterocycles. The van der Waals surface area contributed by atoms with Crippen molar-refractivity contribution in [2.24, 2.45) is 0 Å². The van der Waals surface area contributed by atoms with Crippen LogP contribution in [0, 0.1) is 6.57 Å². The van der Waals surface area contributed by atoms with Gasteiger partial charge >= 0.3 is 0 Å². The average Bonchev–Trinajstić information content (AvgIpc) is 2.17. The second kappa shape index (κ2) is 4.84. The van der Waals surface area contributed by atoms with Gasteiger partial charge in [0.1, 0.15) is 5.75 Å². The molecule has 0 saturated heterocycles.